The van der Waals surface area contributed by atoms with Gasteiger partial charge in [-0.15, -0.1) is 0 Å². The summed E-state index contributed by atoms with van der Waals surface area (Å²) in [5.41, 5.74) is 4.45. The van der Waals surface area contributed by atoms with Crippen molar-refractivity contribution in [2.45, 2.75) is 37.3 Å². The first-order valence-electron chi connectivity index (χ1n) is 11.1. The minimum atomic E-state index is -0.985. The lowest BCUT2D eigenvalue weighted by atomic mass is 9.98. The van der Waals surface area contributed by atoms with Crippen molar-refractivity contribution < 1.29 is 29.0 Å². The molecule has 1 saturated carbocycles. The molecule has 0 radical (unpaired) electrons. The molecule has 2 amide bonds. The highest BCUT2D eigenvalue weighted by atomic mass is 16.5. The van der Waals surface area contributed by atoms with Crippen LogP contribution in [0.3, 0.4) is 0 Å². The molecule has 1 fully saturated rings. The third-order valence-corrected chi connectivity index (χ3v) is 6.45. The summed E-state index contributed by atoms with van der Waals surface area (Å²) in [4.78, 5) is 36.7. The summed E-state index contributed by atoms with van der Waals surface area (Å²) in [6.45, 7) is 0.0748. The Bertz CT molecular complexity index is 994. The quantitative estimate of drug-likeness (QED) is 0.568. The topological polar surface area (TPSA) is 114 Å². The van der Waals surface area contributed by atoms with E-state index in [1.165, 1.54) is 7.11 Å². The van der Waals surface area contributed by atoms with Gasteiger partial charge in [-0.25, -0.2) is 4.79 Å². The Balaban J connectivity index is 1.38. The van der Waals surface area contributed by atoms with Crippen molar-refractivity contribution in [2.75, 3.05) is 20.3 Å². The van der Waals surface area contributed by atoms with Crippen molar-refractivity contribution in [2.24, 2.45) is 5.92 Å². The number of alkyl carbamates (subject to hydrolysis) is 1. The summed E-state index contributed by atoms with van der Waals surface area (Å²) in [6, 6.07) is 14.6. The zero-order valence-electron chi connectivity index (χ0n) is 18.5. The summed E-state index contributed by atoms with van der Waals surface area (Å²) in [5, 5.41) is 14.6. The highest BCUT2D eigenvalue weighted by molar-refractivity contribution is 5.86. The molecule has 0 aromatic heterocycles. The second-order valence-corrected chi connectivity index (χ2v) is 8.47. The maximum atomic E-state index is 12.7. The first kappa shape index (κ1) is 22.8. The van der Waals surface area contributed by atoms with E-state index in [-0.39, 0.29) is 19.1 Å². The third-order valence-electron chi connectivity index (χ3n) is 6.45. The number of aliphatic carboxylic acids is 1. The molecular weight excluding hydrogens is 424 g/mol. The van der Waals surface area contributed by atoms with Crippen LogP contribution < -0.4 is 10.6 Å². The molecule has 2 aromatic rings. The van der Waals surface area contributed by atoms with Gasteiger partial charge in [-0.1, -0.05) is 55.0 Å². The SMILES string of the molecule is COCC(NC(=O)OCC1c2ccccc2-c2ccccc21)C(=O)N[C@H]1CCC[C@H]1C(=O)O. The van der Waals surface area contributed by atoms with Crippen LogP contribution in [0.2, 0.25) is 0 Å². The van der Waals surface area contributed by atoms with E-state index in [0.29, 0.717) is 12.8 Å². The first-order valence-corrected chi connectivity index (χ1v) is 11.1. The van der Waals surface area contributed by atoms with Crippen LogP contribution in [0.5, 0.6) is 0 Å². The van der Waals surface area contributed by atoms with Crippen LogP contribution in [-0.2, 0) is 19.1 Å². The predicted octanol–water partition coefficient (Wildman–Crippen LogP) is 2.91. The van der Waals surface area contributed by atoms with Gasteiger partial charge in [0.1, 0.15) is 12.6 Å². The van der Waals surface area contributed by atoms with Gasteiger partial charge < -0.3 is 25.2 Å². The van der Waals surface area contributed by atoms with E-state index >= 15 is 0 Å². The minimum absolute atomic E-state index is 0.0551. The third kappa shape index (κ3) is 4.85. The van der Waals surface area contributed by atoms with Crippen LogP contribution in [0.15, 0.2) is 48.5 Å². The average Bonchev–Trinajstić information content (AvgIpc) is 3.40. The molecule has 2 aromatic carbocycles. The Morgan fingerprint density at radius 2 is 1.67 bits per heavy atom. The van der Waals surface area contributed by atoms with Crippen molar-refractivity contribution in [1.29, 1.82) is 0 Å². The van der Waals surface area contributed by atoms with Crippen molar-refractivity contribution >= 4 is 18.0 Å². The molecule has 0 bridgehead atoms. The van der Waals surface area contributed by atoms with Crippen LogP contribution in [0, 0.1) is 5.92 Å². The molecule has 2 aliphatic rings. The molecule has 8 nitrogen and oxygen atoms in total. The van der Waals surface area contributed by atoms with Gasteiger partial charge in [0.05, 0.1) is 12.5 Å². The number of hydrogen-bond acceptors (Lipinski definition) is 5. The molecule has 3 atom stereocenters. The van der Waals surface area contributed by atoms with Crippen LogP contribution >= 0.6 is 0 Å². The second-order valence-electron chi connectivity index (χ2n) is 8.47. The predicted molar refractivity (Wildman–Crippen MR) is 121 cm³/mol. The monoisotopic (exact) mass is 452 g/mol. The Kier molecular flexibility index (Phi) is 6.93. The maximum Gasteiger partial charge on any atom is 0.407 e. The fraction of sp³-hybridized carbons (Fsp3) is 0.400. The number of nitrogens with one attached hydrogen (secondary N) is 2. The molecule has 1 unspecified atom stereocenters. The molecule has 0 spiro atoms. The standard InChI is InChI=1S/C25H28N2O6/c1-32-14-22(23(28)26-21-12-6-11-19(21)24(29)30)27-25(31)33-13-20-17-9-4-2-7-15(17)16-8-3-5-10-18(16)20/h2-5,7-10,19-22H,6,11-14H2,1H3,(H,26,28)(H,27,31)(H,29,30)/t19-,21+,22?/m1/s1. The van der Waals surface area contributed by atoms with Gasteiger partial charge in [-0.05, 0) is 35.1 Å². The highest BCUT2D eigenvalue weighted by Crippen LogP contribution is 2.44. The molecule has 0 heterocycles. The van der Waals surface area contributed by atoms with E-state index in [9.17, 15) is 19.5 Å². The van der Waals surface area contributed by atoms with Gasteiger partial charge in [0.15, 0.2) is 0 Å². The number of benzene rings is 2. The number of carboxylic acids is 1. The second kappa shape index (κ2) is 10.0. The maximum absolute atomic E-state index is 12.7. The number of ether oxygens (including phenoxy) is 2. The zero-order chi connectivity index (χ0) is 23.4. The van der Waals surface area contributed by atoms with Gasteiger partial charge in [-0.3, -0.25) is 9.59 Å². The summed E-state index contributed by atoms with van der Waals surface area (Å²) in [6.07, 6.45) is 1.12. The number of carboxylic acid groups (broad SMARTS) is 1. The lowest BCUT2D eigenvalue weighted by Gasteiger charge is -2.23. The van der Waals surface area contributed by atoms with Gasteiger partial charge >= 0.3 is 12.1 Å². The molecule has 8 heteroatoms. The Morgan fingerprint density at radius 3 is 2.27 bits per heavy atom. The fourth-order valence-corrected chi connectivity index (χ4v) is 4.84. The van der Waals surface area contributed by atoms with Crippen LogP contribution in [-0.4, -0.2) is 55.5 Å². The van der Waals surface area contributed by atoms with Crippen molar-refractivity contribution in [1.82, 2.24) is 10.6 Å². The van der Waals surface area contributed by atoms with Gasteiger partial charge in [0, 0.05) is 19.1 Å². The molecule has 33 heavy (non-hydrogen) atoms. The number of rotatable bonds is 8. The Hall–Kier alpha value is -3.39. The van der Waals surface area contributed by atoms with Gasteiger partial charge in [-0.2, -0.15) is 0 Å². The summed E-state index contributed by atoms with van der Waals surface area (Å²) < 4.78 is 10.6. The van der Waals surface area contributed by atoms with E-state index in [2.05, 4.69) is 22.8 Å². The normalized spacial score (nSPS) is 19.9. The van der Waals surface area contributed by atoms with E-state index in [1.807, 2.05) is 36.4 Å². The molecular formula is C25H28N2O6. The number of hydrogen-bond donors (Lipinski definition) is 3. The summed E-state index contributed by atoms with van der Waals surface area (Å²) in [5.74, 6) is -2.12. The van der Waals surface area contributed by atoms with Crippen LogP contribution in [0.4, 0.5) is 4.79 Å². The number of carbonyl (C=O) groups excluding carboxylic acids is 2. The number of carbonyl (C=O) groups is 3. The smallest absolute Gasteiger partial charge is 0.407 e. The van der Waals surface area contributed by atoms with Crippen molar-refractivity contribution in [3.63, 3.8) is 0 Å². The van der Waals surface area contributed by atoms with E-state index in [0.717, 1.165) is 28.7 Å². The molecule has 174 valence electrons. The van der Waals surface area contributed by atoms with Crippen LogP contribution in [0.25, 0.3) is 11.1 Å². The Labute approximate surface area is 192 Å². The minimum Gasteiger partial charge on any atom is -0.481 e. The first-order chi connectivity index (χ1) is 16.0. The molecule has 4 rings (SSSR count). The molecule has 0 saturated heterocycles. The van der Waals surface area contributed by atoms with Gasteiger partial charge in [0.25, 0.3) is 0 Å². The van der Waals surface area contributed by atoms with E-state index in [1.54, 1.807) is 0 Å². The summed E-state index contributed by atoms with van der Waals surface area (Å²) >= 11 is 0. The van der Waals surface area contributed by atoms with Gasteiger partial charge in [0.2, 0.25) is 5.91 Å². The highest BCUT2D eigenvalue weighted by Gasteiger charge is 2.36. The molecule has 0 aliphatic heterocycles. The van der Waals surface area contributed by atoms with E-state index in [4.69, 9.17) is 9.47 Å². The average molecular weight is 453 g/mol. The van der Waals surface area contributed by atoms with E-state index < -0.39 is 36.0 Å². The van der Waals surface area contributed by atoms with Crippen molar-refractivity contribution in [3.05, 3.63) is 59.7 Å². The fourth-order valence-electron chi connectivity index (χ4n) is 4.84. The lowest BCUT2D eigenvalue weighted by Crippen LogP contribution is -2.53. The number of methoxy groups -OCH3 is 1. The lowest BCUT2D eigenvalue weighted by molar-refractivity contribution is -0.142. The van der Waals surface area contributed by atoms with Crippen molar-refractivity contribution in [3.8, 4) is 11.1 Å². The number of amides is 2. The Morgan fingerprint density at radius 1 is 1.03 bits per heavy atom. The number of fused-ring (bicyclic) bond motifs is 3. The zero-order valence-corrected chi connectivity index (χ0v) is 18.5. The molecule has 3 N–H and O–H groups in total. The molecule has 2 aliphatic carbocycles. The van der Waals surface area contributed by atoms with Crippen LogP contribution in [0.1, 0.15) is 36.3 Å². The summed E-state index contributed by atoms with van der Waals surface area (Å²) in [7, 11) is 1.43. The largest absolute Gasteiger partial charge is 0.481 e.